The quantitative estimate of drug-likeness (QED) is 0.501. The highest BCUT2D eigenvalue weighted by Crippen LogP contribution is 2.31. The van der Waals surface area contributed by atoms with Crippen molar-refractivity contribution in [1.82, 2.24) is 15.1 Å². The summed E-state index contributed by atoms with van der Waals surface area (Å²) in [5.74, 6) is -0.540. The van der Waals surface area contributed by atoms with Crippen LogP contribution in [0.25, 0.3) is 10.9 Å². The van der Waals surface area contributed by atoms with Gasteiger partial charge in [0, 0.05) is 23.4 Å². The molecule has 2 amide bonds. The van der Waals surface area contributed by atoms with Crippen molar-refractivity contribution in [3.8, 4) is 0 Å². The number of rotatable bonds is 5. The SMILES string of the molecule is CC(C)n1ncc2c(NC(=O)c3c(Cl)ccc(CNC(=O)C(C)(C)C)c3Cl)cccc21. The minimum atomic E-state index is -0.530. The number of hydrogen-bond acceptors (Lipinski definition) is 3. The molecule has 0 saturated heterocycles. The number of halogens is 2. The molecule has 0 spiro atoms. The van der Waals surface area contributed by atoms with Crippen LogP contribution in [0.1, 0.15) is 56.6 Å². The van der Waals surface area contributed by atoms with Crippen LogP contribution in [0.2, 0.25) is 10.0 Å². The van der Waals surface area contributed by atoms with Gasteiger partial charge < -0.3 is 10.6 Å². The molecule has 0 atom stereocenters. The molecule has 3 aromatic rings. The molecule has 31 heavy (non-hydrogen) atoms. The summed E-state index contributed by atoms with van der Waals surface area (Å²) in [6.07, 6.45) is 1.73. The molecule has 8 heteroatoms. The first-order chi connectivity index (χ1) is 14.5. The van der Waals surface area contributed by atoms with Crippen molar-refractivity contribution in [2.24, 2.45) is 5.41 Å². The summed E-state index contributed by atoms with van der Waals surface area (Å²) < 4.78 is 1.89. The van der Waals surface area contributed by atoms with E-state index in [4.69, 9.17) is 23.2 Å². The molecule has 0 saturated carbocycles. The van der Waals surface area contributed by atoms with Crippen LogP contribution in [0, 0.1) is 5.41 Å². The number of hydrogen-bond donors (Lipinski definition) is 2. The molecular weight excluding hydrogens is 435 g/mol. The number of aromatic nitrogens is 2. The molecule has 3 rings (SSSR count). The van der Waals surface area contributed by atoms with Crippen LogP contribution in [-0.2, 0) is 11.3 Å². The maximum absolute atomic E-state index is 13.1. The van der Waals surface area contributed by atoms with Gasteiger partial charge in [0.2, 0.25) is 5.91 Å². The van der Waals surface area contributed by atoms with Crippen molar-refractivity contribution in [2.75, 3.05) is 5.32 Å². The number of anilines is 1. The van der Waals surface area contributed by atoms with Crippen LogP contribution < -0.4 is 10.6 Å². The van der Waals surface area contributed by atoms with Gasteiger partial charge in [0.15, 0.2) is 0 Å². The fraction of sp³-hybridized carbons (Fsp3) is 0.348. The Balaban J connectivity index is 1.89. The van der Waals surface area contributed by atoms with Crippen molar-refractivity contribution >= 4 is 51.6 Å². The van der Waals surface area contributed by atoms with Gasteiger partial charge in [0.1, 0.15) is 0 Å². The Morgan fingerprint density at radius 3 is 2.48 bits per heavy atom. The highest BCUT2D eigenvalue weighted by molar-refractivity contribution is 6.41. The molecule has 2 N–H and O–H groups in total. The van der Waals surface area contributed by atoms with Crippen LogP contribution in [-0.4, -0.2) is 21.6 Å². The van der Waals surface area contributed by atoms with E-state index in [1.165, 1.54) is 0 Å². The van der Waals surface area contributed by atoms with Gasteiger partial charge in [-0.15, -0.1) is 0 Å². The summed E-state index contributed by atoms with van der Waals surface area (Å²) in [5.41, 5.74) is 1.79. The summed E-state index contributed by atoms with van der Waals surface area (Å²) in [4.78, 5) is 25.3. The Labute approximate surface area is 191 Å². The van der Waals surface area contributed by atoms with Gasteiger partial charge in [-0.05, 0) is 37.6 Å². The second-order valence-corrected chi connectivity index (χ2v) is 9.49. The predicted octanol–water partition coefficient (Wildman–Crippen LogP) is 5.84. The molecule has 164 valence electrons. The summed E-state index contributed by atoms with van der Waals surface area (Å²) in [6, 6.07) is 9.13. The van der Waals surface area contributed by atoms with E-state index < -0.39 is 11.3 Å². The summed E-state index contributed by atoms with van der Waals surface area (Å²) in [5, 5.41) is 11.4. The minimum absolute atomic E-state index is 0.113. The van der Waals surface area contributed by atoms with E-state index in [1.807, 2.05) is 57.5 Å². The summed E-state index contributed by atoms with van der Waals surface area (Å²) >= 11 is 12.8. The van der Waals surface area contributed by atoms with Gasteiger partial charge in [-0.2, -0.15) is 5.10 Å². The fourth-order valence-corrected chi connectivity index (χ4v) is 3.77. The first-order valence-corrected chi connectivity index (χ1v) is 10.8. The third-order valence-electron chi connectivity index (χ3n) is 4.90. The Morgan fingerprint density at radius 2 is 1.84 bits per heavy atom. The molecule has 1 heterocycles. The predicted molar refractivity (Wildman–Crippen MR) is 126 cm³/mol. The van der Waals surface area contributed by atoms with E-state index in [2.05, 4.69) is 15.7 Å². The molecule has 1 aromatic heterocycles. The van der Waals surface area contributed by atoms with E-state index in [-0.39, 0.29) is 34.1 Å². The number of fused-ring (bicyclic) bond motifs is 1. The van der Waals surface area contributed by atoms with Crippen LogP contribution in [0.4, 0.5) is 5.69 Å². The molecule has 6 nitrogen and oxygen atoms in total. The van der Waals surface area contributed by atoms with E-state index in [0.29, 0.717) is 11.3 Å². The number of benzene rings is 2. The molecule has 0 bridgehead atoms. The van der Waals surface area contributed by atoms with Crippen LogP contribution in [0.5, 0.6) is 0 Å². The largest absolute Gasteiger partial charge is 0.352 e. The Bertz CT molecular complexity index is 1150. The second kappa shape index (κ2) is 8.89. The van der Waals surface area contributed by atoms with Crippen LogP contribution in [0.15, 0.2) is 36.5 Å². The molecule has 2 aromatic carbocycles. The van der Waals surface area contributed by atoms with Gasteiger partial charge in [0.25, 0.3) is 5.91 Å². The fourth-order valence-electron chi connectivity index (χ4n) is 3.16. The van der Waals surface area contributed by atoms with Crippen molar-refractivity contribution in [1.29, 1.82) is 0 Å². The lowest BCUT2D eigenvalue weighted by molar-refractivity contribution is -0.128. The minimum Gasteiger partial charge on any atom is -0.352 e. The molecular formula is C23H26Cl2N4O2. The number of carbonyl (C=O) groups is 2. The summed E-state index contributed by atoms with van der Waals surface area (Å²) in [7, 11) is 0. The number of nitrogens with one attached hydrogen (secondary N) is 2. The number of amides is 2. The molecule has 0 aliphatic carbocycles. The highest BCUT2D eigenvalue weighted by atomic mass is 35.5. The first kappa shape index (κ1) is 23.1. The monoisotopic (exact) mass is 460 g/mol. The Kier molecular flexibility index (Phi) is 6.62. The highest BCUT2D eigenvalue weighted by Gasteiger charge is 2.23. The topological polar surface area (TPSA) is 76.0 Å². The van der Waals surface area contributed by atoms with Gasteiger partial charge in [-0.3, -0.25) is 14.3 Å². The van der Waals surface area contributed by atoms with Crippen LogP contribution in [0.3, 0.4) is 0 Å². The van der Waals surface area contributed by atoms with Gasteiger partial charge in [0.05, 0.1) is 33.0 Å². The third kappa shape index (κ3) is 4.86. The molecule has 0 unspecified atom stereocenters. The van der Waals surface area contributed by atoms with E-state index in [1.54, 1.807) is 18.3 Å². The first-order valence-electron chi connectivity index (χ1n) is 10.0. The van der Waals surface area contributed by atoms with E-state index in [9.17, 15) is 9.59 Å². The van der Waals surface area contributed by atoms with Crippen molar-refractivity contribution in [3.05, 3.63) is 57.7 Å². The lowest BCUT2D eigenvalue weighted by Crippen LogP contribution is -2.34. The van der Waals surface area contributed by atoms with Crippen molar-refractivity contribution < 1.29 is 9.59 Å². The van der Waals surface area contributed by atoms with Gasteiger partial charge in [-0.1, -0.05) is 56.1 Å². The zero-order valence-corrected chi connectivity index (χ0v) is 19.7. The summed E-state index contributed by atoms with van der Waals surface area (Å²) in [6.45, 7) is 9.76. The second-order valence-electron chi connectivity index (χ2n) is 8.70. The van der Waals surface area contributed by atoms with Gasteiger partial charge >= 0.3 is 0 Å². The molecule has 0 aliphatic rings. The molecule has 0 fully saturated rings. The maximum Gasteiger partial charge on any atom is 0.258 e. The zero-order chi connectivity index (χ0) is 22.9. The third-order valence-corrected chi connectivity index (χ3v) is 5.64. The lowest BCUT2D eigenvalue weighted by Gasteiger charge is -2.18. The number of carbonyl (C=O) groups excluding carboxylic acids is 2. The zero-order valence-electron chi connectivity index (χ0n) is 18.2. The lowest BCUT2D eigenvalue weighted by atomic mass is 9.95. The average Bonchev–Trinajstić information content (AvgIpc) is 3.12. The van der Waals surface area contributed by atoms with Crippen molar-refractivity contribution in [2.45, 2.75) is 47.2 Å². The Hall–Kier alpha value is -2.57. The molecule has 0 aliphatic heterocycles. The van der Waals surface area contributed by atoms with Gasteiger partial charge in [-0.25, -0.2) is 0 Å². The smallest absolute Gasteiger partial charge is 0.258 e. The standard InChI is InChI=1S/C23H26Cl2N4O2/c1-13(2)29-18-8-6-7-17(15(18)12-27-29)28-21(30)19-16(24)10-9-14(20(19)25)11-26-22(31)23(3,4)5/h6-10,12-13H,11H2,1-5H3,(H,26,31)(H,28,30). The Morgan fingerprint density at radius 1 is 1.13 bits per heavy atom. The maximum atomic E-state index is 13.1. The number of nitrogens with zero attached hydrogens (tertiary/aromatic N) is 2. The van der Waals surface area contributed by atoms with E-state index >= 15 is 0 Å². The normalized spacial score (nSPS) is 11.7. The average molecular weight is 461 g/mol. The molecule has 0 radical (unpaired) electrons. The van der Waals surface area contributed by atoms with E-state index in [0.717, 1.165) is 10.9 Å². The van der Waals surface area contributed by atoms with Crippen LogP contribution >= 0.6 is 23.2 Å². The van der Waals surface area contributed by atoms with Crippen molar-refractivity contribution in [3.63, 3.8) is 0 Å².